The minimum absolute atomic E-state index is 0.384. The summed E-state index contributed by atoms with van der Waals surface area (Å²) in [6, 6.07) is 0.469. The Labute approximate surface area is 104 Å². The van der Waals surface area contributed by atoms with Crippen molar-refractivity contribution < 1.29 is 4.74 Å². The van der Waals surface area contributed by atoms with Crippen LogP contribution in [0.4, 0.5) is 0 Å². The maximum atomic E-state index is 5.79. The van der Waals surface area contributed by atoms with Gasteiger partial charge < -0.3 is 4.74 Å². The zero-order valence-electron chi connectivity index (χ0n) is 10.9. The normalized spacial score (nSPS) is 46.6. The van der Waals surface area contributed by atoms with Gasteiger partial charge in [-0.1, -0.05) is 6.42 Å². The first kappa shape index (κ1) is 11.9. The van der Waals surface area contributed by atoms with Gasteiger partial charge in [-0.05, 0) is 56.8 Å². The third-order valence-electron chi connectivity index (χ3n) is 5.61. The molecule has 0 spiro atoms. The SMILES string of the molecule is CC1OCCC1C(CC1CC2CCC1C2)NN. The van der Waals surface area contributed by atoms with E-state index in [2.05, 4.69) is 12.3 Å². The molecule has 3 heteroatoms. The number of nitrogens with two attached hydrogens (primary N) is 1. The van der Waals surface area contributed by atoms with Gasteiger partial charge >= 0.3 is 0 Å². The van der Waals surface area contributed by atoms with E-state index < -0.39 is 0 Å². The highest BCUT2D eigenvalue weighted by molar-refractivity contribution is 4.93. The second kappa shape index (κ2) is 4.87. The molecule has 2 aliphatic carbocycles. The van der Waals surface area contributed by atoms with Crippen molar-refractivity contribution in [3.63, 3.8) is 0 Å². The zero-order chi connectivity index (χ0) is 11.8. The molecule has 2 saturated carbocycles. The highest BCUT2D eigenvalue weighted by atomic mass is 16.5. The Kier molecular flexibility index (Phi) is 3.42. The molecule has 0 aromatic heterocycles. The maximum Gasteiger partial charge on any atom is 0.0591 e. The predicted molar refractivity (Wildman–Crippen MR) is 68.2 cm³/mol. The van der Waals surface area contributed by atoms with Gasteiger partial charge in [0.15, 0.2) is 0 Å². The van der Waals surface area contributed by atoms with Crippen LogP contribution < -0.4 is 11.3 Å². The third kappa shape index (κ3) is 2.25. The maximum absolute atomic E-state index is 5.79. The topological polar surface area (TPSA) is 47.3 Å². The second-order valence-corrected chi connectivity index (χ2v) is 6.47. The molecule has 0 radical (unpaired) electrons. The predicted octanol–water partition coefficient (Wildman–Crippen LogP) is 2.07. The fraction of sp³-hybridized carbons (Fsp3) is 1.00. The van der Waals surface area contributed by atoms with E-state index in [-0.39, 0.29) is 0 Å². The van der Waals surface area contributed by atoms with Gasteiger partial charge in [-0.15, -0.1) is 0 Å². The molecule has 17 heavy (non-hydrogen) atoms. The molecule has 1 aliphatic heterocycles. The standard InChI is InChI=1S/C14H26N2O/c1-9-13(4-5-17-9)14(16-15)8-12-7-10-2-3-11(12)6-10/h9-14,16H,2-8,15H2,1H3. The van der Waals surface area contributed by atoms with E-state index in [9.17, 15) is 0 Å². The van der Waals surface area contributed by atoms with E-state index in [0.717, 1.165) is 24.4 Å². The van der Waals surface area contributed by atoms with Crippen LogP contribution in [0.2, 0.25) is 0 Å². The van der Waals surface area contributed by atoms with Gasteiger partial charge in [0.2, 0.25) is 0 Å². The molecule has 3 aliphatic rings. The summed E-state index contributed by atoms with van der Waals surface area (Å²) < 4.78 is 5.68. The third-order valence-corrected chi connectivity index (χ3v) is 5.61. The molecule has 0 aromatic carbocycles. The van der Waals surface area contributed by atoms with Crippen molar-refractivity contribution in [2.24, 2.45) is 29.5 Å². The molecule has 6 unspecified atom stereocenters. The number of fused-ring (bicyclic) bond motifs is 2. The number of nitrogens with one attached hydrogen (secondary N) is 1. The van der Waals surface area contributed by atoms with E-state index >= 15 is 0 Å². The number of rotatable bonds is 4. The molecule has 98 valence electrons. The number of hydrazine groups is 1. The van der Waals surface area contributed by atoms with Gasteiger partial charge in [-0.3, -0.25) is 11.3 Å². The van der Waals surface area contributed by atoms with Crippen LogP contribution in [0.3, 0.4) is 0 Å². The first-order valence-electron chi connectivity index (χ1n) is 7.35. The molecule has 0 aromatic rings. The Bertz CT molecular complexity index is 271. The fourth-order valence-corrected chi connectivity index (χ4v) is 4.63. The van der Waals surface area contributed by atoms with Crippen molar-refractivity contribution in [3.05, 3.63) is 0 Å². The summed E-state index contributed by atoms with van der Waals surface area (Å²) in [5, 5.41) is 0. The van der Waals surface area contributed by atoms with Crippen LogP contribution in [-0.4, -0.2) is 18.8 Å². The smallest absolute Gasteiger partial charge is 0.0591 e. The van der Waals surface area contributed by atoms with Gasteiger partial charge in [0.05, 0.1) is 6.10 Å². The minimum Gasteiger partial charge on any atom is -0.378 e. The molecule has 1 heterocycles. The minimum atomic E-state index is 0.384. The van der Waals surface area contributed by atoms with E-state index in [1.807, 2.05) is 0 Å². The summed E-state index contributed by atoms with van der Waals surface area (Å²) in [4.78, 5) is 0. The number of ether oxygens (including phenoxy) is 1. The largest absolute Gasteiger partial charge is 0.378 e. The number of hydrogen-bond donors (Lipinski definition) is 2. The van der Waals surface area contributed by atoms with Crippen molar-refractivity contribution in [1.29, 1.82) is 0 Å². The molecule has 3 nitrogen and oxygen atoms in total. The van der Waals surface area contributed by atoms with Gasteiger partial charge in [-0.25, -0.2) is 0 Å². The highest BCUT2D eigenvalue weighted by Gasteiger charge is 2.42. The molecule has 0 amide bonds. The van der Waals surface area contributed by atoms with Crippen molar-refractivity contribution >= 4 is 0 Å². The fourth-order valence-electron chi connectivity index (χ4n) is 4.63. The van der Waals surface area contributed by atoms with Gasteiger partial charge in [-0.2, -0.15) is 0 Å². The first-order valence-corrected chi connectivity index (χ1v) is 7.35. The molecule has 3 rings (SSSR count). The lowest BCUT2D eigenvalue weighted by Crippen LogP contribution is -2.44. The van der Waals surface area contributed by atoms with Gasteiger partial charge in [0, 0.05) is 18.6 Å². The van der Waals surface area contributed by atoms with Crippen LogP contribution in [0.1, 0.15) is 45.4 Å². The summed E-state index contributed by atoms with van der Waals surface area (Å²) in [5.41, 5.74) is 3.08. The lowest BCUT2D eigenvalue weighted by atomic mass is 9.80. The number of hydrogen-bond acceptors (Lipinski definition) is 3. The molecule has 3 fully saturated rings. The van der Waals surface area contributed by atoms with Gasteiger partial charge in [0.1, 0.15) is 0 Å². The van der Waals surface area contributed by atoms with Crippen molar-refractivity contribution in [3.8, 4) is 0 Å². The Hall–Kier alpha value is -0.120. The van der Waals surface area contributed by atoms with E-state index in [1.54, 1.807) is 0 Å². The van der Waals surface area contributed by atoms with Crippen molar-refractivity contribution in [2.45, 2.75) is 57.6 Å². The summed E-state index contributed by atoms with van der Waals surface area (Å²) in [6.45, 7) is 3.11. The molecule has 3 N–H and O–H groups in total. The van der Waals surface area contributed by atoms with Crippen LogP contribution in [0.15, 0.2) is 0 Å². The Morgan fingerprint density at radius 3 is 2.71 bits per heavy atom. The van der Waals surface area contributed by atoms with Crippen molar-refractivity contribution in [1.82, 2.24) is 5.43 Å². The summed E-state index contributed by atoms with van der Waals surface area (Å²) in [6.07, 6.45) is 8.76. The monoisotopic (exact) mass is 238 g/mol. The first-order chi connectivity index (χ1) is 8.28. The lowest BCUT2D eigenvalue weighted by molar-refractivity contribution is 0.0897. The second-order valence-electron chi connectivity index (χ2n) is 6.47. The Morgan fingerprint density at radius 2 is 2.18 bits per heavy atom. The van der Waals surface area contributed by atoms with E-state index in [1.165, 1.54) is 38.5 Å². The van der Waals surface area contributed by atoms with E-state index in [4.69, 9.17) is 10.6 Å². The molecule has 1 saturated heterocycles. The lowest BCUT2D eigenvalue weighted by Gasteiger charge is -2.31. The average molecular weight is 238 g/mol. The van der Waals surface area contributed by atoms with Crippen LogP contribution in [0.5, 0.6) is 0 Å². The highest BCUT2D eigenvalue weighted by Crippen LogP contribution is 2.50. The van der Waals surface area contributed by atoms with Crippen LogP contribution in [-0.2, 0) is 4.74 Å². The Morgan fingerprint density at radius 1 is 1.29 bits per heavy atom. The molecule has 6 atom stereocenters. The Balaban J connectivity index is 1.58. The van der Waals surface area contributed by atoms with Crippen LogP contribution in [0, 0.1) is 23.7 Å². The van der Waals surface area contributed by atoms with Crippen LogP contribution >= 0.6 is 0 Å². The summed E-state index contributed by atoms with van der Waals surface area (Å²) in [7, 11) is 0. The summed E-state index contributed by atoms with van der Waals surface area (Å²) in [5.74, 6) is 9.39. The van der Waals surface area contributed by atoms with E-state index in [0.29, 0.717) is 18.1 Å². The summed E-state index contributed by atoms with van der Waals surface area (Å²) >= 11 is 0. The quantitative estimate of drug-likeness (QED) is 0.582. The van der Waals surface area contributed by atoms with Crippen molar-refractivity contribution in [2.75, 3.05) is 6.61 Å². The van der Waals surface area contributed by atoms with Crippen LogP contribution in [0.25, 0.3) is 0 Å². The average Bonchev–Trinajstić information content (AvgIpc) is 3.02. The molecular weight excluding hydrogens is 212 g/mol. The van der Waals surface area contributed by atoms with Gasteiger partial charge in [0.25, 0.3) is 0 Å². The molecular formula is C14H26N2O. The zero-order valence-corrected chi connectivity index (χ0v) is 10.9. The molecule has 2 bridgehead atoms.